The second-order valence-electron chi connectivity index (χ2n) is 9.85. The Hall–Kier alpha value is -4.74. The summed E-state index contributed by atoms with van der Waals surface area (Å²) in [5.74, 6) is -1.36. The molecule has 0 fully saturated rings. The van der Waals surface area contributed by atoms with E-state index in [4.69, 9.17) is 15.6 Å². The van der Waals surface area contributed by atoms with Crippen LogP contribution in [0.25, 0.3) is 22.4 Å². The zero-order valence-corrected chi connectivity index (χ0v) is 23.7. The molecule has 0 bridgehead atoms. The van der Waals surface area contributed by atoms with Crippen LogP contribution in [-0.2, 0) is 11.2 Å². The highest BCUT2D eigenvalue weighted by atomic mass is 32.1. The first-order valence-corrected chi connectivity index (χ1v) is 14.2. The van der Waals surface area contributed by atoms with Gasteiger partial charge in [0.2, 0.25) is 17.9 Å². The van der Waals surface area contributed by atoms with E-state index in [0.29, 0.717) is 33.6 Å². The number of nitrogens with two attached hydrogens (primary N) is 1. The van der Waals surface area contributed by atoms with Crippen LogP contribution in [0, 0.1) is 6.92 Å². The second kappa shape index (κ2) is 12.6. The summed E-state index contributed by atoms with van der Waals surface area (Å²) in [4.78, 5) is 20.0. The van der Waals surface area contributed by atoms with Gasteiger partial charge in [-0.3, -0.25) is 4.79 Å². The number of carboxylic acid groups (broad SMARTS) is 1. The summed E-state index contributed by atoms with van der Waals surface area (Å²) >= 11 is 1.41. The Kier molecular flexibility index (Phi) is 8.74. The number of benzene rings is 3. The normalized spacial score (nSPS) is 12.9. The minimum atomic E-state index is -4.76. The van der Waals surface area contributed by atoms with Crippen LogP contribution in [0.15, 0.2) is 95.7 Å². The molecule has 2 atom stereocenters. The van der Waals surface area contributed by atoms with Gasteiger partial charge in [-0.2, -0.15) is 29.5 Å². The van der Waals surface area contributed by atoms with Crippen LogP contribution in [0.1, 0.15) is 22.8 Å². The molecule has 7 nitrogen and oxygen atoms in total. The standard InChI is InChI=1S/C32H27F3N4O3S/c1-19-17-43-18-25(19)23-9-5-6-10-24(23)29(32(33,34)35)42-28-16-27(38-31(39-28)37-22-7-3-2-4-8-22)21-13-11-20(12-14-21)15-26(36)30(40)41/h2-14,16-18,26,29H,15,36H2,1H3,(H,40,41)(H,37,38,39)/t26-,29?/m0/s1. The lowest BCUT2D eigenvalue weighted by molar-refractivity contribution is -0.198. The number of hydrogen-bond acceptors (Lipinski definition) is 7. The summed E-state index contributed by atoms with van der Waals surface area (Å²) in [6.07, 6.45) is -6.96. The molecular weight excluding hydrogens is 577 g/mol. The van der Waals surface area contributed by atoms with E-state index in [2.05, 4.69) is 15.3 Å². The fourth-order valence-corrected chi connectivity index (χ4v) is 5.38. The van der Waals surface area contributed by atoms with E-state index in [1.165, 1.54) is 23.5 Å². The van der Waals surface area contributed by atoms with Crippen molar-refractivity contribution in [1.29, 1.82) is 0 Å². The second-order valence-corrected chi connectivity index (χ2v) is 10.6. The van der Waals surface area contributed by atoms with Gasteiger partial charge in [0.05, 0.1) is 5.69 Å². The summed E-state index contributed by atoms with van der Waals surface area (Å²) < 4.78 is 49.7. The summed E-state index contributed by atoms with van der Waals surface area (Å²) in [5, 5.41) is 15.8. The van der Waals surface area contributed by atoms with E-state index in [-0.39, 0.29) is 23.8 Å². The molecule has 0 aliphatic heterocycles. The molecule has 2 heterocycles. The number of aryl methyl sites for hydroxylation is 1. The Labute approximate surface area is 249 Å². The molecule has 2 aromatic heterocycles. The number of nitrogens with zero attached hydrogens (tertiary/aromatic N) is 2. The number of aromatic nitrogens is 2. The van der Waals surface area contributed by atoms with Crippen LogP contribution in [0.5, 0.6) is 5.88 Å². The Morgan fingerprint density at radius 1 is 0.977 bits per heavy atom. The van der Waals surface area contributed by atoms with Crippen LogP contribution < -0.4 is 15.8 Å². The minimum Gasteiger partial charge on any atom is -0.480 e. The maximum Gasteiger partial charge on any atom is 0.429 e. The lowest BCUT2D eigenvalue weighted by atomic mass is 9.95. The fourth-order valence-electron chi connectivity index (χ4n) is 4.53. The highest BCUT2D eigenvalue weighted by molar-refractivity contribution is 7.08. The first-order valence-electron chi connectivity index (χ1n) is 13.2. The molecule has 1 unspecified atom stereocenters. The van der Waals surface area contributed by atoms with Crippen LogP contribution in [0.3, 0.4) is 0 Å². The molecular formula is C32H27F3N4O3S. The van der Waals surface area contributed by atoms with Gasteiger partial charge in [0.15, 0.2) is 0 Å². The van der Waals surface area contributed by atoms with E-state index in [1.54, 1.807) is 66.7 Å². The van der Waals surface area contributed by atoms with Gasteiger partial charge in [-0.15, -0.1) is 0 Å². The summed E-state index contributed by atoms with van der Waals surface area (Å²) in [7, 11) is 0. The third kappa shape index (κ3) is 7.19. The van der Waals surface area contributed by atoms with Crippen molar-refractivity contribution in [1.82, 2.24) is 9.97 Å². The Bertz CT molecular complexity index is 1710. The van der Waals surface area contributed by atoms with Crippen molar-refractivity contribution in [2.45, 2.75) is 31.7 Å². The number of halogens is 3. The van der Waals surface area contributed by atoms with Gasteiger partial charge in [-0.25, -0.2) is 4.98 Å². The Balaban J connectivity index is 1.55. The predicted molar refractivity (Wildman–Crippen MR) is 160 cm³/mol. The zero-order valence-electron chi connectivity index (χ0n) is 22.9. The van der Waals surface area contributed by atoms with Crippen LogP contribution in [-0.4, -0.2) is 33.3 Å². The maximum atomic E-state index is 14.7. The zero-order chi connectivity index (χ0) is 30.6. The Morgan fingerprint density at radius 2 is 1.67 bits per heavy atom. The van der Waals surface area contributed by atoms with Crippen LogP contribution in [0.2, 0.25) is 0 Å². The van der Waals surface area contributed by atoms with Crippen molar-refractivity contribution < 1.29 is 27.8 Å². The van der Waals surface area contributed by atoms with Crippen molar-refractivity contribution in [2.24, 2.45) is 5.73 Å². The molecule has 0 saturated carbocycles. The van der Waals surface area contributed by atoms with Gasteiger partial charge < -0.3 is 20.9 Å². The first-order chi connectivity index (χ1) is 20.6. The van der Waals surface area contributed by atoms with Gasteiger partial charge in [0.1, 0.15) is 6.04 Å². The van der Waals surface area contributed by atoms with Crippen molar-refractivity contribution in [3.8, 4) is 28.3 Å². The smallest absolute Gasteiger partial charge is 0.429 e. The number of ether oxygens (including phenoxy) is 1. The molecule has 0 aliphatic carbocycles. The molecule has 220 valence electrons. The van der Waals surface area contributed by atoms with Crippen LogP contribution in [0.4, 0.5) is 24.8 Å². The van der Waals surface area contributed by atoms with Gasteiger partial charge in [-0.05, 0) is 58.5 Å². The van der Waals surface area contributed by atoms with Gasteiger partial charge in [0, 0.05) is 22.9 Å². The van der Waals surface area contributed by atoms with Crippen molar-refractivity contribution in [2.75, 3.05) is 5.32 Å². The average Bonchev–Trinajstić information content (AvgIpc) is 3.41. The lowest BCUT2D eigenvalue weighted by Crippen LogP contribution is -2.32. The molecule has 3 aromatic carbocycles. The average molecular weight is 605 g/mol. The molecule has 5 aromatic rings. The number of hydrogen-bond donors (Lipinski definition) is 3. The first kappa shape index (κ1) is 29.7. The van der Waals surface area contributed by atoms with Crippen LogP contribution >= 0.6 is 11.3 Å². The van der Waals surface area contributed by atoms with E-state index in [0.717, 1.165) is 5.56 Å². The predicted octanol–water partition coefficient (Wildman–Crippen LogP) is 7.56. The number of thiophene rings is 1. The number of para-hydroxylation sites is 1. The van der Waals surface area contributed by atoms with Gasteiger partial charge in [-0.1, -0.05) is 66.7 Å². The lowest BCUT2D eigenvalue weighted by Gasteiger charge is -2.24. The quantitative estimate of drug-likeness (QED) is 0.151. The molecule has 0 saturated heterocycles. The Morgan fingerprint density at radius 3 is 2.33 bits per heavy atom. The molecule has 0 spiro atoms. The number of carboxylic acids is 1. The maximum absolute atomic E-state index is 14.7. The van der Waals surface area contributed by atoms with Crippen molar-refractivity contribution >= 4 is 28.9 Å². The number of anilines is 2. The molecule has 0 amide bonds. The third-order valence-corrected chi connectivity index (χ3v) is 7.54. The van der Waals surface area contributed by atoms with Crippen molar-refractivity contribution in [3.05, 3.63) is 112 Å². The number of rotatable bonds is 10. The summed E-state index contributed by atoms with van der Waals surface area (Å²) in [6, 6.07) is 22.4. The molecule has 0 radical (unpaired) electrons. The monoisotopic (exact) mass is 604 g/mol. The molecule has 4 N–H and O–H groups in total. The highest BCUT2D eigenvalue weighted by Gasteiger charge is 2.44. The number of carbonyl (C=O) groups is 1. The highest BCUT2D eigenvalue weighted by Crippen LogP contribution is 2.42. The molecule has 11 heteroatoms. The molecule has 0 aliphatic rings. The van der Waals surface area contributed by atoms with E-state index in [9.17, 15) is 18.0 Å². The van der Waals surface area contributed by atoms with E-state index < -0.39 is 24.3 Å². The molecule has 43 heavy (non-hydrogen) atoms. The number of nitrogens with one attached hydrogen (secondary N) is 1. The van der Waals surface area contributed by atoms with E-state index in [1.807, 2.05) is 23.8 Å². The SMILES string of the molecule is Cc1cscc1-c1ccccc1C(Oc1cc(-c2ccc(C[C@H](N)C(=O)O)cc2)nc(Nc2ccccc2)n1)C(F)(F)F. The topological polar surface area (TPSA) is 110 Å². The third-order valence-electron chi connectivity index (χ3n) is 6.68. The van der Waals surface area contributed by atoms with Crippen molar-refractivity contribution in [3.63, 3.8) is 0 Å². The number of aliphatic carboxylic acids is 1. The largest absolute Gasteiger partial charge is 0.480 e. The van der Waals surface area contributed by atoms with Gasteiger partial charge >= 0.3 is 12.1 Å². The minimum absolute atomic E-state index is 0.0339. The van der Waals surface area contributed by atoms with E-state index >= 15 is 0 Å². The van der Waals surface area contributed by atoms with Gasteiger partial charge in [0.25, 0.3) is 0 Å². The fraction of sp³-hybridized carbons (Fsp3) is 0.156. The molecule has 5 rings (SSSR count). The summed E-state index contributed by atoms with van der Waals surface area (Å²) in [6.45, 7) is 1.85. The number of alkyl halides is 3. The summed E-state index contributed by atoms with van der Waals surface area (Å²) in [5.41, 5.74) is 9.80.